The predicted molar refractivity (Wildman–Crippen MR) is 66.7 cm³/mol. The Labute approximate surface area is 98.0 Å². The molecule has 0 radical (unpaired) electrons. The van der Waals surface area contributed by atoms with Crippen LogP contribution < -0.4 is 5.32 Å². The van der Waals surface area contributed by atoms with Crippen molar-refractivity contribution in [1.82, 2.24) is 5.32 Å². The number of hydrogen-bond donors (Lipinski definition) is 1. The summed E-state index contributed by atoms with van der Waals surface area (Å²) < 4.78 is 5.32. The molecule has 0 saturated carbocycles. The summed E-state index contributed by atoms with van der Waals surface area (Å²) in [6, 6.07) is 8.90. The molecule has 16 heavy (non-hydrogen) atoms. The van der Waals surface area contributed by atoms with Gasteiger partial charge in [0.25, 0.3) is 0 Å². The van der Waals surface area contributed by atoms with Crippen LogP contribution in [0.3, 0.4) is 0 Å². The number of hydrogen-bond acceptors (Lipinski definition) is 2. The van der Waals surface area contributed by atoms with Crippen LogP contribution in [0.1, 0.15) is 31.9 Å². The summed E-state index contributed by atoms with van der Waals surface area (Å²) in [4.78, 5) is 0. The fourth-order valence-corrected chi connectivity index (χ4v) is 2.05. The van der Waals surface area contributed by atoms with Crippen molar-refractivity contribution in [2.24, 2.45) is 0 Å². The number of nitrogens with one attached hydrogen (secondary N) is 1. The summed E-state index contributed by atoms with van der Waals surface area (Å²) in [6.45, 7) is 8.27. The number of rotatable bonds is 2. The van der Waals surface area contributed by atoms with Gasteiger partial charge in [-0.1, -0.05) is 45.0 Å². The van der Waals surface area contributed by atoms with Crippen LogP contribution in [-0.4, -0.2) is 20.3 Å². The van der Waals surface area contributed by atoms with Crippen molar-refractivity contribution in [3.63, 3.8) is 0 Å². The lowest BCUT2D eigenvalue weighted by Crippen LogP contribution is -2.56. The Morgan fingerprint density at radius 2 is 1.69 bits per heavy atom. The maximum Gasteiger partial charge on any atom is 0.0906 e. The molecule has 1 N–H and O–H groups in total. The van der Waals surface area contributed by atoms with E-state index in [9.17, 15) is 0 Å². The molecule has 1 saturated heterocycles. The zero-order valence-electron chi connectivity index (χ0n) is 10.6. The molecule has 1 aliphatic heterocycles. The van der Waals surface area contributed by atoms with Gasteiger partial charge in [-0.15, -0.1) is 0 Å². The lowest BCUT2D eigenvalue weighted by molar-refractivity contribution is -0.0747. The Bertz CT molecular complexity index is 352. The summed E-state index contributed by atoms with van der Waals surface area (Å²) in [5, 5.41) is 3.36. The Morgan fingerprint density at radius 1 is 1.12 bits per heavy atom. The molecule has 0 bridgehead atoms. The van der Waals surface area contributed by atoms with E-state index in [2.05, 4.69) is 50.4 Å². The highest BCUT2D eigenvalue weighted by molar-refractivity contribution is 5.33. The monoisotopic (exact) mass is 219 g/mol. The third-order valence-corrected chi connectivity index (χ3v) is 3.48. The van der Waals surface area contributed by atoms with Crippen molar-refractivity contribution in [3.05, 3.63) is 35.4 Å². The summed E-state index contributed by atoms with van der Waals surface area (Å²) in [6.07, 6.45) is 0. The van der Waals surface area contributed by atoms with Crippen LogP contribution >= 0.6 is 0 Å². The largest absolute Gasteiger partial charge is 0.377 e. The molecule has 0 amide bonds. The summed E-state index contributed by atoms with van der Waals surface area (Å²) in [7, 11) is 2.00. The third kappa shape index (κ3) is 1.87. The number of benzene rings is 1. The average molecular weight is 219 g/mol. The van der Waals surface area contributed by atoms with Gasteiger partial charge in [-0.25, -0.2) is 0 Å². The van der Waals surface area contributed by atoms with E-state index in [0.717, 1.165) is 13.2 Å². The maximum atomic E-state index is 5.32. The molecule has 88 valence electrons. The molecule has 1 aromatic carbocycles. The predicted octanol–water partition coefficient (Wildman–Crippen LogP) is 2.43. The summed E-state index contributed by atoms with van der Waals surface area (Å²) in [5.74, 6) is 0. The SMILES string of the molecule is CNC1(c2ccc(C(C)(C)C)cc2)COC1. The van der Waals surface area contributed by atoms with Crippen molar-refractivity contribution in [2.45, 2.75) is 31.7 Å². The first-order valence-corrected chi connectivity index (χ1v) is 5.86. The molecule has 2 rings (SSSR count). The van der Waals surface area contributed by atoms with Crippen LogP contribution in [0.2, 0.25) is 0 Å². The molecule has 0 unspecified atom stereocenters. The Morgan fingerprint density at radius 3 is 2.00 bits per heavy atom. The molecule has 0 atom stereocenters. The zero-order chi connectivity index (χ0) is 11.8. The zero-order valence-corrected chi connectivity index (χ0v) is 10.6. The minimum Gasteiger partial charge on any atom is -0.377 e. The van der Waals surface area contributed by atoms with E-state index in [-0.39, 0.29) is 11.0 Å². The minimum absolute atomic E-state index is 0.0520. The van der Waals surface area contributed by atoms with E-state index in [1.807, 2.05) is 7.05 Å². The number of likely N-dealkylation sites (N-methyl/N-ethyl adjacent to an activating group) is 1. The van der Waals surface area contributed by atoms with Gasteiger partial charge in [0.05, 0.1) is 18.8 Å². The normalized spacial score (nSPS) is 19.2. The Hall–Kier alpha value is -0.860. The molecule has 1 heterocycles. The maximum absolute atomic E-state index is 5.32. The fourth-order valence-electron chi connectivity index (χ4n) is 2.05. The quantitative estimate of drug-likeness (QED) is 0.825. The van der Waals surface area contributed by atoms with E-state index in [4.69, 9.17) is 4.74 Å². The second-order valence-electron chi connectivity index (χ2n) is 5.65. The molecule has 2 heteroatoms. The van der Waals surface area contributed by atoms with Crippen LogP contribution in [-0.2, 0) is 15.7 Å². The van der Waals surface area contributed by atoms with Gasteiger partial charge < -0.3 is 10.1 Å². The third-order valence-electron chi connectivity index (χ3n) is 3.48. The fraction of sp³-hybridized carbons (Fsp3) is 0.571. The molecule has 2 nitrogen and oxygen atoms in total. The van der Waals surface area contributed by atoms with Crippen molar-refractivity contribution in [1.29, 1.82) is 0 Å². The average Bonchev–Trinajstić information content (AvgIpc) is 2.16. The standard InChI is InChI=1S/C14H21NO/c1-13(2,3)11-5-7-12(8-6-11)14(15-4)9-16-10-14/h5-8,15H,9-10H2,1-4H3. The first-order chi connectivity index (χ1) is 7.48. The lowest BCUT2D eigenvalue weighted by atomic mass is 9.83. The van der Waals surface area contributed by atoms with Gasteiger partial charge >= 0.3 is 0 Å². The molecule has 0 aromatic heterocycles. The highest BCUT2D eigenvalue weighted by Crippen LogP contribution is 2.31. The van der Waals surface area contributed by atoms with Crippen LogP contribution in [0.15, 0.2) is 24.3 Å². The van der Waals surface area contributed by atoms with Crippen LogP contribution in [0.25, 0.3) is 0 Å². The van der Waals surface area contributed by atoms with Crippen LogP contribution in [0.4, 0.5) is 0 Å². The van der Waals surface area contributed by atoms with Gasteiger partial charge in [-0.3, -0.25) is 0 Å². The van der Waals surface area contributed by atoms with Crippen LogP contribution in [0, 0.1) is 0 Å². The Balaban J connectivity index is 2.26. The highest BCUT2D eigenvalue weighted by Gasteiger charge is 2.38. The molecule has 1 aromatic rings. The minimum atomic E-state index is 0.0520. The smallest absolute Gasteiger partial charge is 0.0906 e. The van der Waals surface area contributed by atoms with Gasteiger partial charge in [0.15, 0.2) is 0 Å². The van der Waals surface area contributed by atoms with E-state index in [1.54, 1.807) is 0 Å². The van der Waals surface area contributed by atoms with Crippen molar-refractivity contribution < 1.29 is 4.74 Å². The van der Waals surface area contributed by atoms with Crippen molar-refractivity contribution >= 4 is 0 Å². The first-order valence-electron chi connectivity index (χ1n) is 5.86. The molecule has 0 spiro atoms. The lowest BCUT2D eigenvalue weighted by Gasteiger charge is -2.42. The molecular formula is C14H21NO. The summed E-state index contributed by atoms with van der Waals surface area (Å²) in [5.41, 5.74) is 2.98. The van der Waals surface area contributed by atoms with Gasteiger partial charge in [-0.2, -0.15) is 0 Å². The topological polar surface area (TPSA) is 21.3 Å². The van der Waals surface area contributed by atoms with Gasteiger partial charge in [0.2, 0.25) is 0 Å². The molecular weight excluding hydrogens is 198 g/mol. The van der Waals surface area contributed by atoms with Gasteiger partial charge in [0, 0.05) is 0 Å². The molecule has 1 aliphatic rings. The van der Waals surface area contributed by atoms with E-state index >= 15 is 0 Å². The van der Waals surface area contributed by atoms with Crippen molar-refractivity contribution in [3.8, 4) is 0 Å². The van der Waals surface area contributed by atoms with Gasteiger partial charge in [0.1, 0.15) is 0 Å². The van der Waals surface area contributed by atoms with Crippen molar-refractivity contribution in [2.75, 3.05) is 20.3 Å². The highest BCUT2D eigenvalue weighted by atomic mass is 16.5. The van der Waals surface area contributed by atoms with E-state index in [0.29, 0.717) is 0 Å². The first kappa shape index (κ1) is 11.6. The molecule has 1 fully saturated rings. The van der Waals surface area contributed by atoms with Crippen LogP contribution in [0.5, 0.6) is 0 Å². The summed E-state index contributed by atoms with van der Waals surface area (Å²) >= 11 is 0. The van der Waals surface area contributed by atoms with E-state index in [1.165, 1.54) is 11.1 Å². The number of ether oxygens (including phenoxy) is 1. The van der Waals surface area contributed by atoms with E-state index < -0.39 is 0 Å². The van der Waals surface area contributed by atoms with Gasteiger partial charge in [-0.05, 0) is 23.6 Å². The second-order valence-corrected chi connectivity index (χ2v) is 5.65. The molecule has 0 aliphatic carbocycles. The second kappa shape index (κ2) is 3.86. The Kier molecular flexibility index (Phi) is 2.81.